The van der Waals surface area contributed by atoms with Gasteiger partial charge in [-0.1, -0.05) is 0 Å². The number of carbonyl (C=O) groups excluding carboxylic acids is 2. The lowest BCUT2D eigenvalue weighted by molar-refractivity contribution is -0.139. The van der Waals surface area contributed by atoms with Crippen LogP contribution in [0.1, 0.15) is 18.4 Å². The third-order valence-electron chi connectivity index (χ3n) is 3.63. The summed E-state index contributed by atoms with van der Waals surface area (Å²) in [6.07, 6.45) is -0.298. The second-order valence-corrected chi connectivity index (χ2v) is 7.04. The summed E-state index contributed by atoms with van der Waals surface area (Å²) in [5, 5.41) is 31.6. The lowest BCUT2D eigenvalue weighted by atomic mass is 10.1. The highest BCUT2D eigenvalue weighted by atomic mass is 32.2. The fourth-order valence-electron chi connectivity index (χ4n) is 2.11. The topological polar surface area (TPSA) is 179 Å². The molecule has 1 aromatic rings. The predicted octanol–water partition coefficient (Wildman–Crippen LogP) is -0.330. The maximum absolute atomic E-state index is 12.2. The van der Waals surface area contributed by atoms with E-state index >= 15 is 0 Å². The van der Waals surface area contributed by atoms with Crippen molar-refractivity contribution in [2.45, 2.75) is 36.7 Å². The molecule has 0 saturated carbocycles. The van der Waals surface area contributed by atoms with Gasteiger partial charge in [0.1, 0.15) is 24.4 Å². The van der Waals surface area contributed by atoms with Crippen molar-refractivity contribution in [2.24, 2.45) is 5.73 Å². The van der Waals surface area contributed by atoms with Crippen LogP contribution >= 0.6 is 11.8 Å². The summed E-state index contributed by atoms with van der Waals surface area (Å²) in [6, 6.07) is 2.47. The number of hydrogen-bond donors (Lipinski definition) is 6. The molecule has 1 rings (SSSR count). The molecule has 0 radical (unpaired) electrons. The van der Waals surface area contributed by atoms with Crippen molar-refractivity contribution in [1.29, 1.82) is 0 Å². The summed E-state index contributed by atoms with van der Waals surface area (Å²) < 4.78 is 0. The number of aliphatic carboxylic acids is 2. The number of thioether (sulfide) groups is 1. The molecule has 0 heterocycles. The second kappa shape index (κ2) is 11.1. The molecular weight excluding hydrogens is 390 g/mol. The number of phenolic OH excluding ortho intramolecular Hbond substituents is 1. The zero-order valence-corrected chi connectivity index (χ0v) is 16.0. The first-order chi connectivity index (χ1) is 13.1. The number of phenols is 1. The maximum Gasteiger partial charge on any atom is 0.322 e. The number of aryl methyl sites for hydroxylation is 1. The highest BCUT2D eigenvalue weighted by Gasteiger charge is 2.23. The Morgan fingerprint density at radius 3 is 2.46 bits per heavy atom. The molecule has 0 aliphatic carbocycles. The summed E-state index contributed by atoms with van der Waals surface area (Å²) in [4.78, 5) is 46.4. The van der Waals surface area contributed by atoms with Crippen LogP contribution < -0.4 is 16.4 Å². The molecule has 7 N–H and O–H groups in total. The van der Waals surface area contributed by atoms with E-state index in [1.165, 1.54) is 17.8 Å². The standard InChI is InChI=1S/C17H23N3O7S/c1-9-6-10(21)2-4-13(9)28-8-12(16(25)19-7-15(23)24)20-14(22)5-3-11(18)17(26)27/h2,4,6,11-12,21H,3,5,7-8,18H2,1H3,(H,19,25)(H,20,22)(H,23,24)(H,26,27)/t11-,12-/m0/s1. The van der Waals surface area contributed by atoms with Gasteiger partial charge in [-0.15, -0.1) is 11.8 Å². The van der Waals surface area contributed by atoms with Crippen molar-refractivity contribution >= 4 is 35.5 Å². The van der Waals surface area contributed by atoms with Gasteiger partial charge in [-0.3, -0.25) is 19.2 Å². The maximum atomic E-state index is 12.2. The molecule has 0 aliphatic rings. The van der Waals surface area contributed by atoms with Crippen LogP contribution in [0.4, 0.5) is 0 Å². The first kappa shape index (κ1) is 23.2. The number of rotatable bonds is 11. The highest BCUT2D eigenvalue weighted by Crippen LogP contribution is 2.26. The third-order valence-corrected chi connectivity index (χ3v) is 4.90. The van der Waals surface area contributed by atoms with E-state index in [0.717, 1.165) is 10.5 Å². The SMILES string of the molecule is Cc1cc(O)ccc1SC[C@H](NC(=O)CC[C@H](N)C(=O)O)C(=O)NCC(=O)O. The molecule has 0 spiro atoms. The molecule has 28 heavy (non-hydrogen) atoms. The number of amides is 2. The van der Waals surface area contributed by atoms with E-state index in [1.807, 2.05) is 0 Å². The summed E-state index contributed by atoms with van der Waals surface area (Å²) in [7, 11) is 0. The zero-order valence-electron chi connectivity index (χ0n) is 15.2. The smallest absolute Gasteiger partial charge is 0.322 e. The minimum absolute atomic E-state index is 0.0978. The fraction of sp³-hybridized carbons (Fsp3) is 0.412. The number of nitrogens with two attached hydrogens (primary N) is 1. The highest BCUT2D eigenvalue weighted by molar-refractivity contribution is 7.99. The molecule has 10 nitrogen and oxygen atoms in total. The summed E-state index contributed by atoms with van der Waals surface area (Å²) in [6.45, 7) is 1.17. The molecule has 0 aliphatic heterocycles. The molecule has 1 aromatic carbocycles. The van der Waals surface area contributed by atoms with Gasteiger partial charge in [0.25, 0.3) is 0 Å². The third kappa shape index (κ3) is 8.27. The van der Waals surface area contributed by atoms with Crippen LogP contribution in [-0.2, 0) is 19.2 Å². The number of carboxylic acids is 2. The summed E-state index contributed by atoms with van der Waals surface area (Å²) >= 11 is 1.24. The van der Waals surface area contributed by atoms with Crippen LogP contribution in [0.25, 0.3) is 0 Å². The Balaban J connectivity index is 2.74. The van der Waals surface area contributed by atoms with E-state index < -0.39 is 42.4 Å². The molecule has 154 valence electrons. The molecule has 2 atom stereocenters. The first-order valence-electron chi connectivity index (χ1n) is 8.29. The van der Waals surface area contributed by atoms with Crippen LogP contribution in [0.2, 0.25) is 0 Å². The largest absolute Gasteiger partial charge is 0.508 e. The van der Waals surface area contributed by atoms with Crippen LogP contribution in [-0.4, -0.2) is 63.5 Å². The van der Waals surface area contributed by atoms with Crippen LogP contribution in [0, 0.1) is 6.92 Å². The van der Waals surface area contributed by atoms with Crippen LogP contribution in [0.3, 0.4) is 0 Å². The van der Waals surface area contributed by atoms with Gasteiger partial charge in [-0.25, -0.2) is 0 Å². The van der Waals surface area contributed by atoms with Gasteiger partial charge in [0.2, 0.25) is 11.8 Å². The van der Waals surface area contributed by atoms with E-state index in [0.29, 0.717) is 0 Å². The molecule has 11 heteroatoms. The second-order valence-electron chi connectivity index (χ2n) is 5.98. The molecule has 0 bridgehead atoms. The Hall–Kier alpha value is -2.79. The fourth-order valence-corrected chi connectivity index (χ4v) is 3.15. The van der Waals surface area contributed by atoms with Crippen molar-refractivity contribution in [3.05, 3.63) is 23.8 Å². The molecule has 0 saturated heterocycles. The Morgan fingerprint density at radius 1 is 1.21 bits per heavy atom. The van der Waals surface area contributed by atoms with E-state index in [2.05, 4.69) is 10.6 Å². The minimum Gasteiger partial charge on any atom is -0.508 e. The monoisotopic (exact) mass is 413 g/mol. The van der Waals surface area contributed by atoms with Gasteiger partial charge in [0.15, 0.2) is 0 Å². The molecule has 0 fully saturated rings. The van der Waals surface area contributed by atoms with E-state index in [9.17, 15) is 24.3 Å². The van der Waals surface area contributed by atoms with Gasteiger partial charge in [0.05, 0.1) is 0 Å². The van der Waals surface area contributed by atoms with E-state index in [1.54, 1.807) is 19.1 Å². The average molecular weight is 413 g/mol. The van der Waals surface area contributed by atoms with Gasteiger partial charge in [-0.2, -0.15) is 0 Å². The molecule has 2 amide bonds. The van der Waals surface area contributed by atoms with Crippen molar-refractivity contribution in [3.63, 3.8) is 0 Å². The zero-order chi connectivity index (χ0) is 21.3. The van der Waals surface area contributed by atoms with Crippen molar-refractivity contribution in [2.75, 3.05) is 12.3 Å². The average Bonchev–Trinajstić information content (AvgIpc) is 2.62. The molecular formula is C17H23N3O7S. The Kier molecular flexibility index (Phi) is 9.25. The number of aromatic hydroxyl groups is 1. The van der Waals surface area contributed by atoms with Gasteiger partial charge in [-0.05, 0) is 37.1 Å². The quantitative estimate of drug-likeness (QED) is 0.265. The molecule has 0 unspecified atom stereocenters. The Morgan fingerprint density at radius 2 is 1.89 bits per heavy atom. The number of nitrogens with one attached hydrogen (secondary N) is 2. The normalized spacial score (nSPS) is 12.6. The van der Waals surface area contributed by atoms with Crippen molar-refractivity contribution < 1.29 is 34.5 Å². The van der Waals surface area contributed by atoms with E-state index in [-0.39, 0.29) is 24.3 Å². The minimum atomic E-state index is -1.23. The van der Waals surface area contributed by atoms with Gasteiger partial charge >= 0.3 is 11.9 Å². The number of hydrogen-bond acceptors (Lipinski definition) is 7. The van der Waals surface area contributed by atoms with Gasteiger partial charge < -0.3 is 31.7 Å². The van der Waals surface area contributed by atoms with Gasteiger partial charge in [0, 0.05) is 17.1 Å². The van der Waals surface area contributed by atoms with Crippen molar-refractivity contribution in [1.82, 2.24) is 10.6 Å². The Labute approximate surface area is 165 Å². The lowest BCUT2D eigenvalue weighted by Gasteiger charge is -2.18. The summed E-state index contributed by atoms with van der Waals surface area (Å²) in [5.74, 6) is -3.51. The van der Waals surface area contributed by atoms with Crippen LogP contribution in [0.5, 0.6) is 5.75 Å². The number of carboxylic acid groups (broad SMARTS) is 2. The molecule has 0 aromatic heterocycles. The Bertz CT molecular complexity index is 741. The lowest BCUT2D eigenvalue weighted by Crippen LogP contribution is -2.49. The predicted molar refractivity (Wildman–Crippen MR) is 101 cm³/mol. The number of carbonyl (C=O) groups is 4. The number of benzene rings is 1. The summed E-state index contributed by atoms with van der Waals surface area (Å²) in [5.41, 5.74) is 6.12. The van der Waals surface area contributed by atoms with E-state index in [4.69, 9.17) is 15.9 Å². The first-order valence-corrected chi connectivity index (χ1v) is 9.28. The van der Waals surface area contributed by atoms with Crippen molar-refractivity contribution in [3.8, 4) is 5.75 Å². The van der Waals surface area contributed by atoms with Crippen LogP contribution in [0.15, 0.2) is 23.1 Å².